The number of rotatable bonds is 5. The number of oxime groups is 1. The van der Waals surface area contributed by atoms with Gasteiger partial charge < -0.3 is 15.1 Å². The van der Waals surface area contributed by atoms with E-state index in [9.17, 15) is 4.79 Å². The van der Waals surface area contributed by atoms with Crippen molar-refractivity contribution in [3.05, 3.63) is 82.5 Å². The van der Waals surface area contributed by atoms with Crippen LogP contribution in [0.4, 0.5) is 0 Å². The monoisotopic (exact) mass is 510 g/mol. The lowest BCUT2D eigenvalue weighted by atomic mass is 10.0. The summed E-state index contributed by atoms with van der Waals surface area (Å²) in [5.74, 6) is 4.17. The summed E-state index contributed by atoms with van der Waals surface area (Å²) < 4.78 is 5.08. The predicted molar refractivity (Wildman–Crippen MR) is 131 cm³/mol. The standard InChI is InChI=1S/C13H13ClN2O2.C13H11ClN2O/c14-6-10(17)18-16-13(15)12-9-5-7-3-1-2-4-8(7)11(9)12;14-6-10-15-13(16-17-10)12-9-5-7-3-1-2-4-8(7)11(9)12/h1-4,9,11-12H,5-6H2,(H2,15,16);1-4,9,11-12H,5-6H2/t2*9-,11+,12+/m11/s1. The minimum Gasteiger partial charge on any atom is -0.384 e. The topological polar surface area (TPSA) is 104 Å². The van der Waals surface area contributed by atoms with Crippen molar-refractivity contribution in [1.29, 1.82) is 0 Å². The molecule has 0 radical (unpaired) electrons. The Morgan fingerprint density at radius 1 is 1.00 bits per heavy atom. The van der Waals surface area contributed by atoms with Gasteiger partial charge >= 0.3 is 5.97 Å². The third-order valence-corrected chi connectivity index (χ3v) is 8.12. The van der Waals surface area contributed by atoms with Crippen molar-refractivity contribution in [1.82, 2.24) is 10.1 Å². The highest BCUT2D eigenvalue weighted by Gasteiger charge is 2.58. The molecule has 4 aliphatic carbocycles. The van der Waals surface area contributed by atoms with Crippen LogP contribution in [0.3, 0.4) is 0 Å². The molecule has 0 spiro atoms. The molecule has 0 aliphatic heterocycles. The summed E-state index contributed by atoms with van der Waals surface area (Å²) in [7, 11) is 0. The van der Waals surface area contributed by atoms with Crippen molar-refractivity contribution in [2.24, 2.45) is 28.6 Å². The van der Waals surface area contributed by atoms with Gasteiger partial charge in [0.25, 0.3) is 0 Å². The molecule has 1 heterocycles. The summed E-state index contributed by atoms with van der Waals surface area (Å²) in [5, 5.41) is 7.71. The van der Waals surface area contributed by atoms with Crippen molar-refractivity contribution in [2.45, 2.75) is 36.5 Å². The Hall–Kier alpha value is -2.90. The SMILES string of the molecule is ClCc1nc([C@H]2[C@@H]3Cc4ccccc4[C@@H]32)no1.N/C(=N/OC(=O)CCl)[C@H]1[C@@H]2Cc3ccccc3[C@@H]21. The summed E-state index contributed by atoms with van der Waals surface area (Å²) in [4.78, 5) is 19.8. The van der Waals surface area contributed by atoms with Gasteiger partial charge in [-0.1, -0.05) is 58.8 Å². The molecule has 2 saturated carbocycles. The lowest BCUT2D eigenvalue weighted by molar-refractivity contribution is -0.140. The molecular formula is C26H24Cl2N4O3. The van der Waals surface area contributed by atoms with Gasteiger partial charge in [0.1, 0.15) is 17.6 Å². The van der Waals surface area contributed by atoms with Gasteiger partial charge in [0.2, 0.25) is 5.89 Å². The third-order valence-electron chi connectivity index (χ3n) is 7.68. The van der Waals surface area contributed by atoms with E-state index in [0.717, 1.165) is 18.7 Å². The number of benzene rings is 2. The van der Waals surface area contributed by atoms with E-state index in [1.165, 1.54) is 22.3 Å². The van der Waals surface area contributed by atoms with Gasteiger partial charge in [-0.15, -0.1) is 23.2 Å². The average molecular weight is 511 g/mol. The first-order valence-electron chi connectivity index (χ1n) is 11.7. The summed E-state index contributed by atoms with van der Waals surface area (Å²) in [6.45, 7) is 0. The molecule has 2 fully saturated rings. The first-order chi connectivity index (χ1) is 17.1. The van der Waals surface area contributed by atoms with E-state index in [4.69, 9.17) is 33.5 Å². The van der Waals surface area contributed by atoms with Crippen molar-refractivity contribution in [3.8, 4) is 0 Å². The van der Waals surface area contributed by atoms with E-state index in [2.05, 4.69) is 62.6 Å². The maximum absolute atomic E-state index is 10.9. The molecular weight excluding hydrogens is 487 g/mol. The van der Waals surface area contributed by atoms with E-state index in [-0.39, 0.29) is 11.8 Å². The lowest BCUT2D eigenvalue weighted by Gasteiger charge is -2.06. The van der Waals surface area contributed by atoms with Crippen LogP contribution in [0.15, 0.2) is 58.2 Å². The normalized spacial score (nSPS) is 28.7. The molecule has 180 valence electrons. The number of amidine groups is 1. The molecule has 2 aromatic carbocycles. The van der Waals surface area contributed by atoms with E-state index in [0.29, 0.717) is 47.2 Å². The maximum Gasteiger partial charge on any atom is 0.349 e. The first-order valence-corrected chi connectivity index (χ1v) is 12.8. The molecule has 3 aromatic rings. The second-order valence-corrected chi connectivity index (χ2v) is 10.1. The van der Waals surface area contributed by atoms with Gasteiger partial charge in [-0.2, -0.15) is 4.98 Å². The van der Waals surface area contributed by atoms with E-state index in [1.54, 1.807) is 0 Å². The maximum atomic E-state index is 10.9. The smallest absolute Gasteiger partial charge is 0.349 e. The van der Waals surface area contributed by atoms with Gasteiger partial charge in [0.05, 0.1) is 0 Å². The zero-order valence-corrected chi connectivity index (χ0v) is 20.3. The van der Waals surface area contributed by atoms with E-state index in [1.807, 2.05) is 6.07 Å². The van der Waals surface area contributed by atoms with Crippen molar-refractivity contribution in [2.75, 3.05) is 5.88 Å². The number of aromatic nitrogens is 2. The highest BCUT2D eigenvalue weighted by Crippen LogP contribution is 2.65. The Morgan fingerprint density at radius 2 is 1.66 bits per heavy atom. The second-order valence-electron chi connectivity index (χ2n) is 9.53. The molecule has 7 rings (SSSR count). The highest BCUT2D eigenvalue weighted by atomic mass is 35.5. The number of hydrogen-bond acceptors (Lipinski definition) is 6. The third kappa shape index (κ3) is 4.00. The van der Waals surface area contributed by atoms with Crippen LogP contribution in [-0.2, 0) is 28.4 Å². The summed E-state index contributed by atoms with van der Waals surface area (Å²) >= 11 is 11.0. The quantitative estimate of drug-likeness (QED) is 0.178. The van der Waals surface area contributed by atoms with Gasteiger partial charge in [0, 0.05) is 11.8 Å². The van der Waals surface area contributed by atoms with Gasteiger partial charge in [0.15, 0.2) is 5.82 Å². The molecule has 0 unspecified atom stereocenters. The minimum absolute atomic E-state index is 0.211. The van der Waals surface area contributed by atoms with Crippen LogP contribution in [-0.4, -0.2) is 27.8 Å². The number of nitrogens with zero attached hydrogens (tertiary/aromatic N) is 3. The van der Waals surface area contributed by atoms with Gasteiger partial charge in [-0.25, -0.2) is 4.79 Å². The van der Waals surface area contributed by atoms with Crippen molar-refractivity contribution >= 4 is 35.0 Å². The molecule has 2 N–H and O–H groups in total. The number of fused-ring (bicyclic) bond motifs is 6. The van der Waals surface area contributed by atoms with Crippen LogP contribution < -0.4 is 5.73 Å². The molecule has 6 atom stereocenters. The average Bonchev–Trinajstić information content (AvgIpc) is 3.54. The summed E-state index contributed by atoms with van der Waals surface area (Å²) in [6.07, 6.45) is 2.18. The number of alkyl halides is 2. The number of halogens is 2. The second kappa shape index (κ2) is 8.95. The van der Waals surface area contributed by atoms with Crippen LogP contribution in [0.25, 0.3) is 0 Å². The summed E-state index contributed by atoms with van der Waals surface area (Å²) in [5.41, 5.74) is 11.6. The Morgan fingerprint density at radius 3 is 2.31 bits per heavy atom. The fraction of sp³-hybridized carbons (Fsp3) is 0.385. The minimum atomic E-state index is -0.578. The van der Waals surface area contributed by atoms with E-state index < -0.39 is 5.97 Å². The number of carbonyl (C=O) groups is 1. The molecule has 0 saturated heterocycles. The van der Waals surface area contributed by atoms with Crippen LogP contribution >= 0.6 is 23.2 Å². The van der Waals surface area contributed by atoms with Crippen molar-refractivity contribution in [3.63, 3.8) is 0 Å². The van der Waals surface area contributed by atoms with Gasteiger partial charge in [-0.3, -0.25) is 0 Å². The molecule has 35 heavy (non-hydrogen) atoms. The Balaban J connectivity index is 0.000000131. The molecule has 1 aromatic heterocycles. The number of hydrogen-bond donors (Lipinski definition) is 1. The predicted octanol–water partition coefficient (Wildman–Crippen LogP) is 4.49. The zero-order chi connectivity index (χ0) is 24.1. The Labute approximate surface area is 212 Å². The van der Waals surface area contributed by atoms with Crippen LogP contribution in [0.2, 0.25) is 0 Å². The largest absolute Gasteiger partial charge is 0.384 e. The van der Waals surface area contributed by atoms with Gasteiger partial charge in [-0.05, 0) is 58.8 Å². The molecule has 7 nitrogen and oxygen atoms in total. The molecule has 4 aliphatic rings. The summed E-state index contributed by atoms with van der Waals surface area (Å²) in [6, 6.07) is 17.0. The van der Waals surface area contributed by atoms with Crippen molar-refractivity contribution < 1.29 is 14.2 Å². The van der Waals surface area contributed by atoms with Crippen LogP contribution in [0.1, 0.15) is 51.7 Å². The highest BCUT2D eigenvalue weighted by molar-refractivity contribution is 6.26. The lowest BCUT2D eigenvalue weighted by Crippen LogP contribution is -2.19. The number of carbonyl (C=O) groups excluding carboxylic acids is 1. The van der Waals surface area contributed by atoms with Crippen LogP contribution in [0.5, 0.6) is 0 Å². The molecule has 9 heteroatoms. The first kappa shape index (κ1) is 22.6. The Kier molecular flexibility index (Phi) is 5.77. The fourth-order valence-corrected chi connectivity index (χ4v) is 6.26. The van der Waals surface area contributed by atoms with E-state index >= 15 is 0 Å². The fourth-order valence-electron chi connectivity index (χ4n) is 6.10. The Bertz CT molecular complexity index is 1310. The zero-order valence-electron chi connectivity index (χ0n) is 18.8. The number of nitrogens with two attached hydrogens (primary N) is 1. The van der Waals surface area contributed by atoms with Crippen LogP contribution in [0, 0.1) is 17.8 Å². The molecule has 0 bridgehead atoms. The molecule has 0 amide bonds.